The van der Waals surface area contributed by atoms with Crippen molar-refractivity contribution in [2.24, 2.45) is 11.7 Å². The molecule has 2 aliphatic rings. The highest BCUT2D eigenvalue weighted by atomic mass is 35.5. The van der Waals surface area contributed by atoms with Crippen LogP contribution in [0.3, 0.4) is 0 Å². The van der Waals surface area contributed by atoms with Crippen LogP contribution in [0.2, 0.25) is 0 Å². The number of nitrogens with one attached hydrogen (secondary N) is 1. The lowest BCUT2D eigenvalue weighted by atomic mass is 10.1. The van der Waals surface area contributed by atoms with Crippen LogP contribution in [0.15, 0.2) is 24.3 Å². The zero-order chi connectivity index (χ0) is 18.7. The Hall–Kier alpha value is -1.93. The quantitative estimate of drug-likeness (QED) is 0.730. The molecule has 1 heterocycles. The van der Waals surface area contributed by atoms with E-state index in [0.29, 0.717) is 31.8 Å². The molecule has 2 unspecified atom stereocenters. The number of nitrogens with zero attached hydrogens (tertiary/aromatic N) is 1. The van der Waals surface area contributed by atoms with Crippen molar-refractivity contribution in [3.8, 4) is 5.75 Å². The number of hydrogen-bond donors (Lipinski definition) is 2. The Balaban J connectivity index is 0.00000261. The second kappa shape index (κ2) is 9.32. The fraction of sp³-hybridized carbons (Fsp3) is 0.556. The number of carbonyl (C=O) groups excluding carboxylic acids is 2. The third-order valence-corrected chi connectivity index (χ3v) is 4.92. The van der Waals surface area contributed by atoms with Crippen molar-refractivity contribution in [3.63, 3.8) is 0 Å². The van der Waals surface area contributed by atoms with Crippen LogP contribution in [0.25, 0.3) is 0 Å². The molecule has 1 saturated carbocycles. The van der Waals surface area contributed by atoms with Crippen molar-refractivity contribution < 1.29 is 23.1 Å². The average molecular weight is 404 g/mol. The number of amides is 2. The second-order valence-electron chi connectivity index (χ2n) is 6.72. The number of hydrogen-bond acceptors (Lipinski definition) is 4. The van der Waals surface area contributed by atoms with Gasteiger partial charge in [0.15, 0.2) is 0 Å². The smallest absolute Gasteiger partial charge is 0.387 e. The van der Waals surface area contributed by atoms with Gasteiger partial charge in [-0.25, -0.2) is 0 Å². The summed E-state index contributed by atoms with van der Waals surface area (Å²) in [5.41, 5.74) is 5.76. The van der Waals surface area contributed by atoms with Crippen molar-refractivity contribution >= 4 is 24.2 Å². The Morgan fingerprint density at radius 3 is 2.59 bits per heavy atom. The molecule has 0 bridgehead atoms. The van der Waals surface area contributed by atoms with Crippen molar-refractivity contribution in [3.05, 3.63) is 29.8 Å². The van der Waals surface area contributed by atoms with Crippen molar-refractivity contribution in [2.75, 3.05) is 13.1 Å². The Kier molecular flexibility index (Phi) is 7.38. The monoisotopic (exact) mass is 403 g/mol. The molecule has 27 heavy (non-hydrogen) atoms. The van der Waals surface area contributed by atoms with Crippen LogP contribution < -0.4 is 15.8 Å². The lowest BCUT2D eigenvalue weighted by Crippen LogP contribution is -2.51. The third kappa shape index (κ3) is 5.07. The Bertz CT molecular complexity index is 673. The topological polar surface area (TPSA) is 84.7 Å². The van der Waals surface area contributed by atoms with Gasteiger partial charge in [0.2, 0.25) is 5.91 Å². The van der Waals surface area contributed by atoms with E-state index in [2.05, 4.69) is 10.1 Å². The van der Waals surface area contributed by atoms with Gasteiger partial charge in [0, 0.05) is 19.1 Å². The number of carbonyl (C=O) groups is 2. The number of benzene rings is 1. The van der Waals surface area contributed by atoms with E-state index in [-0.39, 0.29) is 35.7 Å². The average Bonchev–Trinajstić information content (AvgIpc) is 3.34. The van der Waals surface area contributed by atoms with Crippen molar-refractivity contribution in [1.82, 2.24) is 10.2 Å². The standard InChI is InChI=1S/C18H23F2N3O3.ClH/c19-18(20)26-15-6-2-1-4-12(15)17(25)23-9-3-5-14(23)16(24)22-13(10-21)11-7-8-11;/h1-2,4,6,11,13-14,18H,3,5,7-10,21H2,(H,22,24);1H. The maximum absolute atomic E-state index is 12.9. The van der Waals surface area contributed by atoms with Crippen molar-refractivity contribution in [2.45, 2.75) is 44.4 Å². The zero-order valence-corrected chi connectivity index (χ0v) is 15.6. The number of ether oxygens (including phenoxy) is 1. The van der Waals surface area contributed by atoms with Gasteiger partial charge in [0.05, 0.1) is 5.56 Å². The van der Waals surface area contributed by atoms with Crippen LogP contribution in [0, 0.1) is 5.92 Å². The summed E-state index contributed by atoms with van der Waals surface area (Å²) >= 11 is 0. The maximum Gasteiger partial charge on any atom is 0.387 e. The van der Waals surface area contributed by atoms with Crippen molar-refractivity contribution in [1.29, 1.82) is 0 Å². The molecule has 1 aromatic carbocycles. The highest BCUT2D eigenvalue weighted by Crippen LogP contribution is 2.32. The number of nitrogens with two attached hydrogens (primary N) is 1. The van der Waals surface area contributed by atoms with Crippen LogP contribution in [-0.4, -0.2) is 48.5 Å². The first-order chi connectivity index (χ1) is 12.5. The summed E-state index contributed by atoms with van der Waals surface area (Å²) < 4.78 is 29.6. The van der Waals surface area contributed by atoms with E-state index in [0.717, 1.165) is 12.8 Å². The Morgan fingerprint density at radius 2 is 1.96 bits per heavy atom. The predicted molar refractivity (Wildman–Crippen MR) is 98.1 cm³/mol. The van der Waals surface area contributed by atoms with Gasteiger partial charge < -0.3 is 20.7 Å². The molecule has 9 heteroatoms. The molecule has 2 fully saturated rings. The van der Waals surface area contributed by atoms with Crippen LogP contribution in [-0.2, 0) is 4.79 Å². The minimum absolute atomic E-state index is 0. The van der Waals surface area contributed by atoms with Gasteiger partial charge in [-0.2, -0.15) is 8.78 Å². The molecule has 2 atom stereocenters. The third-order valence-electron chi connectivity index (χ3n) is 4.92. The van der Waals surface area contributed by atoms with Gasteiger partial charge in [-0.3, -0.25) is 9.59 Å². The maximum atomic E-state index is 12.9. The summed E-state index contributed by atoms with van der Waals surface area (Å²) in [6.07, 6.45) is 3.32. The van der Waals surface area contributed by atoms with Gasteiger partial charge in [0.25, 0.3) is 5.91 Å². The Labute approximate surface area is 162 Å². The normalized spacial score (nSPS) is 20.1. The molecule has 6 nitrogen and oxygen atoms in total. The van der Waals surface area contributed by atoms with Crippen LogP contribution in [0.1, 0.15) is 36.0 Å². The first-order valence-electron chi connectivity index (χ1n) is 8.86. The second-order valence-corrected chi connectivity index (χ2v) is 6.72. The highest BCUT2D eigenvalue weighted by molar-refractivity contribution is 6.00. The minimum atomic E-state index is -3.02. The Morgan fingerprint density at radius 1 is 1.26 bits per heavy atom. The number of alkyl halides is 2. The zero-order valence-electron chi connectivity index (χ0n) is 14.8. The molecule has 1 aliphatic heterocycles. The largest absolute Gasteiger partial charge is 0.434 e. The number of likely N-dealkylation sites (tertiary alicyclic amines) is 1. The number of halogens is 3. The van der Waals surface area contributed by atoms with Crippen LogP contribution in [0.5, 0.6) is 5.75 Å². The lowest BCUT2D eigenvalue weighted by molar-refractivity contribution is -0.125. The van der Waals surface area contributed by atoms with E-state index in [4.69, 9.17) is 5.73 Å². The molecule has 0 spiro atoms. The molecular formula is C18H24ClF2N3O3. The van der Waals surface area contributed by atoms with E-state index >= 15 is 0 Å². The number of para-hydroxylation sites is 1. The number of rotatable bonds is 7. The first-order valence-corrected chi connectivity index (χ1v) is 8.86. The molecule has 150 valence electrons. The van der Waals surface area contributed by atoms with E-state index in [9.17, 15) is 18.4 Å². The first kappa shape index (κ1) is 21.4. The van der Waals surface area contributed by atoms with E-state index < -0.39 is 18.6 Å². The molecular weight excluding hydrogens is 380 g/mol. The molecule has 1 aliphatic carbocycles. The predicted octanol–water partition coefficient (Wildman–Crippen LogP) is 2.17. The fourth-order valence-corrected chi connectivity index (χ4v) is 3.43. The van der Waals surface area contributed by atoms with Gasteiger partial charge >= 0.3 is 6.61 Å². The summed E-state index contributed by atoms with van der Waals surface area (Å²) in [5, 5.41) is 2.94. The summed E-state index contributed by atoms with van der Waals surface area (Å²) in [6, 6.07) is 5.16. The fourth-order valence-electron chi connectivity index (χ4n) is 3.43. The molecule has 3 N–H and O–H groups in total. The molecule has 3 rings (SSSR count). The van der Waals surface area contributed by atoms with Gasteiger partial charge in [-0.15, -0.1) is 12.4 Å². The van der Waals surface area contributed by atoms with Gasteiger partial charge in [-0.05, 0) is 43.7 Å². The molecule has 1 aromatic rings. The van der Waals surface area contributed by atoms with E-state index in [1.165, 1.54) is 23.1 Å². The van der Waals surface area contributed by atoms with E-state index in [1.807, 2.05) is 0 Å². The minimum Gasteiger partial charge on any atom is -0.434 e. The van der Waals surface area contributed by atoms with Gasteiger partial charge in [-0.1, -0.05) is 12.1 Å². The molecule has 0 aromatic heterocycles. The summed E-state index contributed by atoms with van der Waals surface area (Å²) in [6.45, 7) is -2.26. The van der Waals surface area contributed by atoms with E-state index in [1.54, 1.807) is 6.07 Å². The molecule has 1 saturated heterocycles. The van der Waals surface area contributed by atoms with Crippen LogP contribution >= 0.6 is 12.4 Å². The summed E-state index contributed by atoms with van der Waals surface area (Å²) in [5.74, 6) is -0.480. The van der Waals surface area contributed by atoms with Gasteiger partial charge in [0.1, 0.15) is 11.8 Å². The summed E-state index contributed by atoms with van der Waals surface area (Å²) in [4.78, 5) is 26.9. The summed E-state index contributed by atoms with van der Waals surface area (Å²) in [7, 11) is 0. The van der Waals surface area contributed by atoms with Crippen LogP contribution in [0.4, 0.5) is 8.78 Å². The lowest BCUT2D eigenvalue weighted by Gasteiger charge is -2.27. The molecule has 2 amide bonds. The SMILES string of the molecule is Cl.NCC(NC(=O)C1CCCN1C(=O)c1ccccc1OC(F)F)C1CC1. The highest BCUT2D eigenvalue weighted by Gasteiger charge is 2.38. The molecule has 0 radical (unpaired) electrons.